The summed E-state index contributed by atoms with van der Waals surface area (Å²) >= 11 is 0. The van der Waals surface area contributed by atoms with E-state index in [1.54, 1.807) is 0 Å². The molecule has 0 spiro atoms. The van der Waals surface area contributed by atoms with E-state index in [0.29, 0.717) is 0 Å². The molecule has 0 aliphatic carbocycles. The third-order valence-electron chi connectivity index (χ3n) is 11.4. The second kappa shape index (κ2) is 12.8. The lowest BCUT2D eigenvalue weighted by Gasteiger charge is -2.16. The van der Waals surface area contributed by atoms with Gasteiger partial charge in [0.1, 0.15) is 0 Å². The molecule has 0 radical (unpaired) electrons. The van der Waals surface area contributed by atoms with Gasteiger partial charge >= 0.3 is 7.48 Å². The van der Waals surface area contributed by atoms with Gasteiger partial charge < -0.3 is 14.2 Å². The van der Waals surface area contributed by atoms with E-state index in [4.69, 9.17) is 0 Å². The third kappa shape index (κ3) is 5.03. The molecule has 0 saturated carbocycles. The molecule has 1 N–H and O–H groups in total. The molecule has 3 nitrogen and oxygen atoms in total. The predicted molar refractivity (Wildman–Crippen MR) is 230 cm³/mol. The van der Waals surface area contributed by atoms with Crippen LogP contribution >= 0.6 is 0 Å². The quantitative estimate of drug-likeness (QED) is 0.173. The van der Waals surface area contributed by atoms with Gasteiger partial charge in [0.2, 0.25) is 0 Å². The maximum atomic E-state index is 9.99. The first-order chi connectivity index (χ1) is 26.6. The zero-order chi connectivity index (χ0) is 36.3. The van der Waals surface area contributed by atoms with Crippen molar-refractivity contribution in [2.75, 3.05) is 0 Å². The molecule has 256 valence electrons. The molecule has 0 aliphatic heterocycles. The van der Waals surface area contributed by atoms with E-state index in [-0.39, 0.29) is 7.48 Å². The molecule has 0 unspecified atom stereocenters. The molecule has 0 amide bonds. The SMILES string of the molecule is Cc1c(BO)cccc1-c1cccc(-c2ccc3c(c2)c2cc(-c4ccc5c(c4)c4ccccc4n5-c4ccccc4)ccc2n3-c2ccccc2)c1C. The molecule has 10 aromatic rings. The minimum atomic E-state index is 0.0351. The molecule has 0 atom stereocenters. The summed E-state index contributed by atoms with van der Waals surface area (Å²) in [6.45, 7) is 4.32. The molecule has 54 heavy (non-hydrogen) atoms. The number of para-hydroxylation sites is 3. The van der Waals surface area contributed by atoms with Gasteiger partial charge in [-0.2, -0.15) is 0 Å². The number of rotatable bonds is 6. The fraction of sp³-hybridized carbons (Fsp3) is 0.0400. The molecule has 0 aliphatic rings. The van der Waals surface area contributed by atoms with Gasteiger partial charge in [-0.1, -0.05) is 109 Å². The van der Waals surface area contributed by atoms with Gasteiger partial charge in [-0.05, 0) is 131 Å². The van der Waals surface area contributed by atoms with Crippen LogP contribution in [0.1, 0.15) is 11.1 Å². The first-order valence-electron chi connectivity index (χ1n) is 18.6. The molecule has 8 aromatic carbocycles. The summed E-state index contributed by atoms with van der Waals surface area (Å²) in [5.41, 5.74) is 17.5. The maximum absolute atomic E-state index is 9.99. The molecule has 2 aromatic heterocycles. The Bertz CT molecular complexity index is 3050. The molecule has 0 saturated heterocycles. The predicted octanol–water partition coefficient (Wildman–Crippen LogP) is 11.5. The highest BCUT2D eigenvalue weighted by atomic mass is 16.2. The van der Waals surface area contributed by atoms with Crippen LogP contribution in [0.25, 0.3) is 88.4 Å². The second-order valence-corrected chi connectivity index (χ2v) is 14.3. The molecule has 2 heterocycles. The van der Waals surface area contributed by atoms with E-state index in [0.717, 1.165) is 28.0 Å². The lowest BCUT2D eigenvalue weighted by atomic mass is 9.80. The van der Waals surface area contributed by atoms with Crippen LogP contribution in [0.15, 0.2) is 176 Å². The van der Waals surface area contributed by atoms with Crippen LogP contribution in [0, 0.1) is 13.8 Å². The van der Waals surface area contributed by atoms with Crippen molar-refractivity contribution in [1.82, 2.24) is 9.13 Å². The molecule has 10 rings (SSSR count). The standard InChI is InChI=1S/C50H37BN2O/c1-32-39(18-11-19-40(32)41-20-12-21-46(51-54)33(41)2)36-25-28-50-45(31-36)44-30-35(24-27-49(44)53(50)38-15-7-4-8-16-38)34-23-26-48-43(29-34)42-17-9-10-22-47(42)52(48)37-13-5-3-6-14-37/h3-31,51,54H,1-2H3. The Morgan fingerprint density at radius 3 is 1.41 bits per heavy atom. The first kappa shape index (κ1) is 32.1. The highest BCUT2D eigenvalue weighted by molar-refractivity contribution is 6.46. The molecule has 0 bridgehead atoms. The highest BCUT2D eigenvalue weighted by Crippen LogP contribution is 2.40. The minimum Gasteiger partial charge on any atom is -0.449 e. The highest BCUT2D eigenvalue weighted by Gasteiger charge is 2.18. The molecular formula is C50H37BN2O. The summed E-state index contributed by atoms with van der Waals surface area (Å²) in [6.07, 6.45) is 0. The number of hydrogen-bond acceptors (Lipinski definition) is 1. The van der Waals surface area contributed by atoms with Gasteiger partial charge in [-0.25, -0.2) is 0 Å². The summed E-state index contributed by atoms with van der Waals surface area (Å²) in [5, 5.41) is 14.9. The number of hydrogen-bond donors (Lipinski definition) is 1. The van der Waals surface area contributed by atoms with E-state index in [9.17, 15) is 5.02 Å². The Morgan fingerprint density at radius 2 is 0.815 bits per heavy atom. The van der Waals surface area contributed by atoms with Crippen molar-refractivity contribution in [2.45, 2.75) is 13.8 Å². The van der Waals surface area contributed by atoms with Gasteiger partial charge in [0, 0.05) is 32.9 Å². The van der Waals surface area contributed by atoms with E-state index >= 15 is 0 Å². The summed E-state index contributed by atoms with van der Waals surface area (Å²) in [4.78, 5) is 0. The fourth-order valence-corrected chi connectivity index (χ4v) is 8.62. The smallest absolute Gasteiger partial charge is 0.305 e. The van der Waals surface area contributed by atoms with Gasteiger partial charge in [0.25, 0.3) is 0 Å². The van der Waals surface area contributed by atoms with Crippen molar-refractivity contribution in [1.29, 1.82) is 0 Å². The Morgan fingerprint density at radius 1 is 0.370 bits per heavy atom. The first-order valence-corrected chi connectivity index (χ1v) is 18.6. The van der Waals surface area contributed by atoms with Crippen LogP contribution in [0.5, 0.6) is 0 Å². The topological polar surface area (TPSA) is 30.1 Å². The number of fused-ring (bicyclic) bond motifs is 6. The summed E-state index contributed by atoms with van der Waals surface area (Å²) in [5.74, 6) is 0. The Hall–Kier alpha value is -6.62. The zero-order valence-corrected chi connectivity index (χ0v) is 30.3. The van der Waals surface area contributed by atoms with Gasteiger partial charge in [0.15, 0.2) is 0 Å². The second-order valence-electron chi connectivity index (χ2n) is 14.3. The lowest BCUT2D eigenvalue weighted by molar-refractivity contribution is 0.615. The van der Waals surface area contributed by atoms with Crippen LogP contribution in [-0.2, 0) is 0 Å². The molecule has 4 heteroatoms. The Balaban J connectivity index is 1.17. The summed E-state index contributed by atoms with van der Waals surface area (Å²) in [6, 6.07) is 63.6. The maximum Gasteiger partial charge on any atom is 0.305 e. The largest absolute Gasteiger partial charge is 0.449 e. The average Bonchev–Trinajstić information content (AvgIpc) is 3.73. The van der Waals surface area contributed by atoms with Crippen LogP contribution < -0.4 is 5.46 Å². The van der Waals surface area contributed by atoms with Crippen LogP contribution in [0.4, 0.5) is 0 Å². The van der Waals surface area contributed by atoms with Crippen molar-refractivity contribution in [3.63, 3.8) is 0 Å². The number of nitrogens with zero attached hydrogens (tertiary/aromatic N) is 2. The van der Waals surface area contributed by atoms with Gasteiger partial charge in [-0.3, -0.25) is 0 Å². The van der Waals surface area contributed by atoms with Crippen molar-refractivity contribution < 1.29 is 5.02 Å². The Labute approximate surface area is 315 Å². The Kier molecular flexibility index (Phi) is 7.60. The van der Waals surface area contributed by atoms with E-state index in [1.807, 2.05) is 12.1 Å². The van der Waals surface area contributed by atoms with Crippen LogP contribution in [-0.4, -0.2) is 21.6 Å². The monoisotopic (exact) mass is 692 g/mol. The van der Waals surface area contributed by atoms with Crippen LogP contribution in [0.3, 0.4) is 0 Å². The van der Waals surface area contributed by atoms with Crippen molar-refractivity contribution in [3.05, 3.63) is 187 Å². The molecular weight excluding hydrogens is 655 g/mol. The normalized spacial score (nSPS) is 11.6. The lowest BCUT2D eigenvalue weighted by Crippen LogP contribution is -2.17. The van der Waals surface area contributed by atoms with E-state index in [1.165, 1.54) is 77.0 Å². The number of benzene rings is 8. The minimum absolute atomic E-state index is 0.0351. The zero-order valence-electron chi connectivity index (χ0n) is 30.3. The number of aromatic nitrogens is 2. The van der Waals surface area contributed by atoms with Gasteiger partial charge in [-0.15, -0.1) is 0 Å². The van der Waals surface area contributed by atoms with E-state index < -0.39 is 0 Å². The summed E-state index contributed by atoms with van der Waals surface area (Å²) < 4.78 is 4.76. The average molecular weight is 693 g/mol. The van der Waals surface area contributed by atoms with Crippen molar-refractivity contribution in [3.8, 4) is 44.8 Å². The van der Waals surface area contributed by atoms with Crippen molar-refractivity contribution >= 4 is 56.6 Å². The van der Waals surface area contributed by atoms with E-state index in [2.05, 4.69) is 187 Å². The third-order valence-corrected chi connectivity index (χ3v) is 11.4. The summed E-state index contributed by atoms with van der Waals surface area (Å²) in [7, 11) is 0.0351. The molecule has 0 fully saturated rings. The van der Waals surface area contributed by atoms with Gasteiger partial charge in [0.05, 0.1) is 22.1 Å². The van der Waals surface area contributed by atoms with Crippen LogP contribution in [0.2, 0.25) is 0 Å². The van der Waals surface area contributed by atoms with Crippen molar-refractivity contribution in [2.24, 2.45) is 0 Å². The fourth-order valence-electron chi connectivity index (χ4n) is 8.62.